The van der Waals surface area contributed by atoms with Crippen LogP contribution < -0.4 is 4.90 Å². The Labute approximate surface area is 421 Å². The van der Waals surface area contributed by atoms with Crippen molar-refractivity contribution in [1.29, 1.82) is 0 Å². The number of aliphatic carboxylic acids is 1. The van der Waals surface area contributed by atoms with Gasteiger partial charge >= 0.3 is 5.97 Å². The van der Waals surface area contributed by atoms with Gasteiger partial charge in [-0.2, -0.15) is 38.2 Å². The smallest absolute Gasteiger partial charge is 0.303 e. The number of carboxylic acid groups (broad SMARTS) is 1. The number of nitrogens with zero attached hydrogens (tertiary/aromatic N) is 2. The van der Waals surface area contributed by atoms with Gasteiger partial charge in [-0.15, -0.1) is 0 Å². The van der Waals surface area contributed by atoms with Crippen LogP contribution in [0.15, 0.2) is 124 Å². The van der Waals surface area contributed by atoms with Crippen LogP contribution in [0.5, 0.6) is 0 Å². The molecule has 0 fully saturated rings. The van der Waals surface area contributed by atoms with Crippen molar-refractivity contribution in [2.24, 2.45) is 0 Å². The Kier molecular flexibility index (Phi) is 15.3. The molecule has 0 amide bonds. The highest BCUT2D eigenvalue weighted by molar-refractivity contribution is 7.87. The molecule has 20 heteroatoms. The molecule has 0 unspecified atom stereocenters. The molecule has 0 aliphatic carbocycles. The lowest BCUT2D eigenvalue weighted by Gasteiger charge is -2.27. The standard InChI is InChI=1S/C52H58N2O14S4/c1-6-7-27-53-43-23-18-36-17-21-38(70(60,61)62)31-41(36)49(43)51(2,3)46(53)25-19-35(37-15-11-14-34(30-37)13-9-8-10-16-48(55)56)20-26-47-52(4,5)50-42-32-39(71(63,64)65)33-45(72(66,67)68)40(42)22-24-44(50)54(47)28-12-29-69(57,58)59/h11,14-15,17-26,30-33H,6-10,12-13,16,27-29H2,1-5H3,(H4-,55,56,57,58,59,60,61,62,63,64,65,66,67,68)/p+1. The highest BCUT2D eigenvalue weighted by Crippen LogP contribution is 2.52. The Morgan fingerprint density at radius 3 is 2.04 bits per heavy atom. The quantitative estimate of drug-likeness (QED) is 0.0210. The fraction of sp³-hybridized carbons (Fsp3) is 0.346. The van der Waals surface area contributed by atoms with E-state index in [1.807, 2.05) is 79.1 Å². The van der Waals surface area contributed by atoms with Gasteiger partial charge in [-0.25, -0.2) is 0 Å². The average molecular weight is 1060 g/mol. The van der Waals surface area contributed by atoms with Gasteiger partial charge in [0.15, 0.2) is 5.71 Å². The molecule has 0 spiro atoms. The third-order valence-electron chi connectivity index (χ3n) is 13.6. The molecule has 2 aliphatic rings. The monoisotopic (exact) mass is 1060 g/mol. The molecule has 5 aromatic carbocycles. The van der Waals surface area contributed by atoms with Crippen LogP contribution in [0.3, 0.4) is 0 Å². The zero-order chi connectivity index (χ0) is 52.8. The first-order valence-electron chi connectivity index (χ1n) is 23.4. The molecule has 16 nitrogen and oxygen atoms in total. The summed E-state index contributed by atoms with van der Waals surface area (Å²) in [6, 6.07) is 21.2. The highest BCUT2D eigenvalue weighted by atomic mass is 32.2. The summed E-state index contributed by atoms with van der Waals surface area (Å²) >= 11 is 0. The Morgan fingerprint density at radius 2 is 1.39 bits per heavy atom. The Balaban J connectivity index is 1.44. The lowest BCUT2D eigenvalue weighted by Crippen LogP contribution is -2.28. The minimum absolute atomic E-state index is 0.0249. The van der Waals surface area contributed by atoms with Gasteiger partial charge in [-0.1, -0.05) is 76.1 Å². The van der Waals surface area contributed by atoms with E-state index in [9.17, 15) is 56.7 Å². The second-order valence-electron chi connectivity index (χ2n) is 19.3. The number of allylic oxidation sites excluding steroid dienone is 6. The van der Waals surface area contributed by atoms with E-state index in [4.69, 9.17) is 5.11 Å². The molecule has 72 heavy (non-hydrogen) atoms. The van der Waals surface area contributed by atoms with Crippen molar-refractivity contribution >= 4 is 90.6 Å². The fourth-order valence-corrected chi connectivity index (χ4v) is 12.5. The number of rotatable bonds is 20. The fourth-order valence-electron chi connectivity index (χ4n) is 10.2. The molecule has 2 aliphatic heterocycles. The van der Waals surface area contributed by atoms with E-state index in [1.165, 1.54) is 18.2 Å². The first kappa shape index (κ1) is 54.2. The molecule has 0 atom stereocenters. The van der Waals surface area contributed by atoms with Crippen LogP contribution in [0, 0.1) is 0 Å². The third-order valence-corrected chi connectivity index (χ3v) is 16.9. The van der Waals surface area contributed by atoms with E-state index in [2.05, 4.69) is 25.7 Å². The SMILES string of the molecule is CCCCN1C(=CC=C(C=CC2=[N+](CCCS(=O)(=O)O)c3ccc4c(S(=O)(=O)O)cc(S(=O)(=O)O)cc4c3C2(C)C)c2cccc(CCCCCC(=O)O)c2)C(C)(C)c2c1ccc1ccc(S(=O)(=O)O)cc21. The highest BCUT2D eigenvalue weighted by Gasteiger charge is 2.46. The van der Waals surface area contributed by atoms with E-state index in [-0.39, 0.29) is 35.1 Å². The van der Waals surface area contributed by atoms with Gasteiger partial charge in [-0.3, -0.25) is 23.0 Å². The van der Waals surface area contributed by atoms with Crippen LogP contribution >= 0.6 is 0 Å². The van der Waals surface area contributed by atoms with Crippen molar-refractivity contribution in [3.05, 3.63) is 131 Å². The second kappa shape index (κ2) is 20.4. The number of carbonyl (C=O) groups is 1. The molecule has 7 rings (SSSR count). The van der Waals surface area contributed by atoms with Gasteiger partial charge in [0.2, 0.25) is 5.69 Å². The Morgan fingerprint density at radius 1 is 0.694 bits per heavy atom. The van der Waals surface area contributed by atoms with Crippen molar-refractivity contribution in [3.63, 3.8) is 0 Å². The normalized spacial score (nSPS) is 16.7. The van der Waals surface area contributed by atoms with Crippen molar-refractivity contribution in [1.82, 2.24) is 0 Å². The molecular weight excluding hydrogens is 1000 g/mol. The second-order valence-corrected chi connectivity index (χ2v) is 25.1. The van der Waals surface area contributed by atoms with E-state index in [0.717, 1.165) is 58.8 Å². The molecule has 2 heterocycles. The van der Waals surface area contributed by atoms with Crippen LogP contribution in [-0.4, -0.2) is 92.1 Å². The van der Waals surface area contributed by atoms with Crippen LogP contribution in [0.1, 0.15) is 102 Å². The number of hydrogen-bond acceptors (Lipinski definition) is 10. The van der Waals surface area contributed by atoms with Crippen molar-refractivity contribution in [2.75, 3.05) is 23.7 Å². The van der Waals surface area contributed by atoms with E-state index in [0.29, 0.717) is 59.8 Å². The lowest BCUT2D eigenvalue weighted by molar-refractivity contribution is -0.437. The van der Waals surface area contributed by atoms with Gasteiger partial charge in [-0.05, 0) is 127 Å². The number of unbranched alkanes of at least 4 members (excludes halogenated alkanes) is 3. The summed E-state index contributed by atoms with van der Waals surface area (Å²) in [7, 11) is -19.0. The summed E-state index contributed by atoms with van der Waals surface area (Å²) in [6.07, 6.45) is 12.1. The van der Waals surface area contributed by atoms with Crippen molar-refractivity contribution in [2.45, 2.75) is 112 Å². The first-order chi connectivity index (χ1) is 33.5. The number of hydrogen-bond donors (Lipinski definition) is 5. The largest absolute Gasteiger partial charge is 0.481 e. The molecule has 5 N–H and O–H groups in total. The number of carboxylic acids is 1. The maximum atomic E-state index is 12.7. The van der Waals surface area contributed by atoms with Gasteiger partial charge in [0.25, 0.3) is 40.5 Å². The van der Waals surface area contributed by atoms with E-state index < -0.39 is 72.8 Å². The molecule has 0 aromatic heterocycles. The minimum Gasteiger partial charge on any atom is -0.481 e. The van der Waals surface area contributed by atoms with Gasteiger partial charge in [0, 0.05) is 59.3 Å². The molecule has 384 valence electrons. The zero-order valence-corrected chi connectivity index (χ0v) is 43.8. The van der Waals surface area contributed by atoms with Gasteiger partial charge in [0.1, 0.15) is 11.4 Å². The molecule has 0 saturated heterocycles. The van der Waals surface area contributed by atoms with Crippen LogP contribution in [0.25, 0.3) is 27.1 Å². The predicted octanol–water partition coefficient (Wildman–Crippen LogP) is 9.70. The van der Waals surface area contributed by atoms with E-state index >= 15 is 0 Å². The zero-order valence-electron chi connectivity index (χ0n) is 40.5. The molecule has 0 saturated carbocycles. The number of fused-ring (bicyclic) bond motifs is 6. The molecule has 0 bridgehead atoms. The summed E-state index contributed by atoms with van der Waals surface area (Å²) in [5.41, 5.74) is 4.81. The topological polar surface area (TPSA) is 261 Å². The summed E-state index contributed by atoms with van der Waals surface area (Å²) in [5, 5.41) is 10.7. The van der Waals surface area contributed by atoms with Crippen LogP contribution in [0.2, 0.25) is 0 Å². The average Bonchev–Trinajstić information content (AvgIpc) is 3.64. The summed E-state index contributed by atoms with van der Waals surface area (Å²) in [5.74, 6) is -1.45. The minimum atomic E-state index is -5.04. The van der Waals surface area contributed by atoms with Crippen molar-refractivity contribution in [3.8, 4) is 0 Å². The maximum Gasteiger partial charge on any atom is 0.303 e. The number of benzene rings is 5. The Bertz CT molecular complexity index is 3610. The van der Waals surface area contributed by atoms with E-state index in [1.54, 1.807) is 12.1 Å². The van der Waals surface area contributed by atoms with Crippen molar-refractivity contribution < 1.29 is 66.4 Å². The molecule has 0 radical (unpaired) electrons. The van der Waals surface area contributed by atoms with Gasteiger partial charge < -0.3 is 10.0 Å². The maximum absolute atomic E-state index is 12.7. The third kappa shape index (κ3) is 11.5. The van der Waals surface area contributed by atoms with Crippen LogP contribution in [-0.2, 0) is 62.5 Å². The summed E-state index contributed by atoms with van der Waals surface area (Å²) in [6.45, 7) is 10.5. The van der Waals surface area contributed by atoms with Gasteiger partial charge in [0.05, 0.1) is 21.0 Å². The molecular formula is C52H59N2O14S4+. The molecule has 5 aromatic rings. The predicted molar refractivity (Wildman–Crippen MR) is 278 cm³/mol. The summed E-state index contributed by atoms with van der Waals surface area (Å²) in [4.78, 5) is 11.6. The summed E-state index contributed by atoms with van der Waals surface area (Å²) < 4.78 is 141. The Hall–Kier alpha value is -5.58. The number of aryl methyl sites for hydroxylation is 1. The van der Waals surface area contributed by atoms with Crippen LogP contribution in [0.4, 0.5) is 11.4 Å². The first-order valence-corrected chi connectivity index (χ1v) is 29.4. The lowest BCUT2D eigenvalue weighted by atomic mass is 9.78. The number of anilines is 1.